The second kappa shape index (κ2) is 5.37. The molecule has 2 aliphatic heterocycles. The molecule has 0 bridgehead atoms. The second-order valence-corrected chi connectivity index (χ2v) is 7.13. The van der Waals surface area contributed by atoms with E-state index in [0.717, 1.165) is 43.4 Å². The number of aryl methyl sites for hydroxylation is 1. The average Bonchev–Trinajstić information content (AvgIpc) is 2.84. The zero-order valence-corrected chi connectivity index (χ0v) is 13.6. The van der Waals surface area contributed by atoms with Gasteiger partial charge in [0.2, 0.25) is 0 Å². The molecule has 0 amide bonds. The van der Waals surface area contributed by atoms with Crippen molar-refractivity contribution < 1.29 is 9.47 Å². The van der Waals surface area contributed by atoms with Gasteiger partial charge in [-0.15, -0.1) is 11.3 Å². The Morgan fingerprint density at radius 3 is 2.91 bits per heavy atom. The van der Waals surface area contributed by atoms with Crippen LogP contribution in [0.2, 0.25) is 0 Å². The van der Waals surface area contributed by atoms with Crippen LogP contribution in [0.25, 0.3) is 10.6 Å². The van der Waals surface area contributed by atoms with Crippen LogP contribution in [0, 0.1) is 6.92 Å². The van der Waals surface area contributed by atoms with E-state index < -0.39 is 0 Å². The first-order chi connectivity index (χ1) is 10.7. The largest absolute Gasteiger partial charge is 0.486 e. The second-order valence-electron chi connectivity index (χ2n) is 4.97. The fraction of sp³-hybridized carbons (Fsp3) is 0.188. The number of thioether (sulfide) groups is 1. The summed E-state index contributed by atoms with van der Waals surface area (Å²) in [6.45, 7) is 7.33. The molecule has 1 aromatic carbocycles. The van der Waals surface area contributed by atoms with Crippen LogP contribution in [-0.4, -0.2) is 18.2 Å². The van der Waals surface area contributed by atoms with Crippen LogP contribution in [0.4, 0.5) is 5.82 Å². The van der Waals surface area contributed by atoms with Gasteiger partial charge in [0, 0.05) is 15.9 Å². The lowest BCUT2D eigenvalue weighted by Gasteiger charge is -2.19. The number of nitrogens with one attached hydrogen (secondary N) is 1. The van der Waals surface area contributed by atoms with Crippen molar-refractivity contribution in [3.63, 3.8) is 0 Å². The van der Waals surface area contributed by atoms with Gasteiger partial charge in [-0.3, -0.25) is 0 Å². The Labute approximate surface area is 136 Å². The molecule has 22 heavy (non-hydrogen) atoms. The fourth-order valence-electron chi connectivity index (χ4n) is 2.39. The van der Waals surface area contributed by atoms with Crippen molar-refractivity contribution in [3.8, 4) is 11.5 Å². The fourth-order valence-corrected chi connectivity index (χ4v) is 4.06. The number of hydrogen-bond acceptors (Lipinski definition) is 6. The third-order valence-electron chi connectivity index (χ3n) is 3.41. The first kappa shape index (κ1) is 13.7. The van der Waals surface area contributed by atoms with Crippen LogP contribution < -0.4 is 14.8 Å². The predicted octanol–water partition coefficient (Wildman–Crippen LogP) is 4.35. The molecular formula is C16H14N2O2S2. The number of anilines is 1. The quantitative estimate of drug-likeness (QED) is 0.842. The number of nitrogens with zero attached hydrogens (tertiary/aromatic N) is 1. The standard InChI is InChI=1S/C16H14N2O2S2/c1-9-15-16(17-10(2)22-15)18-12(8-21-9)11-3-4-13-14(7-11)20-6-5-19-13/h3-4,7-8,18H,1,5-6H2,2H3. The zero-order valence-electron chi connectivity index (χ0n) is 12.0. The molecule has 0 saturated carbocycles. The highest BCUT2D eigenvalue weighted by Crippen LogP contribution is 2.42. The summed E-state index contributed by atoms with van der Waals surface area (Å²) in [7, 11) is 0. The minimum absolute atomic E-state index is 0.587. The summed E-state index contributed by atoms with van der Waals surface area (Å²) >= 11 is 3.27. The van der Waals surface area contributed by atoms with Crippen LogP contribution in [0.1, 0.15) is 15.4 Å². The number of thiazole rings is 1. The van der Waals surface area contributed by atoms with E-state index in [4.69, 9.17) is 9.47 Å². The summed E-state index contributed by atoms with van der Waals surface area (Å²) in [6, 6.07) is 5.98. The van der Waals surface area contributed by atoms with Crippen LogP contribution >= 0.6 is 23.1 Å². The van der Waals surface area contributed by atoms with Gasteiger partial charge >= 0.3 is 0 Å². The molecule has 0 saturated heterocycles. The molecular weight excluding hydrogens is 316 g/mol. The maximum atomic E-state index is 5.66. The van der Waals surface area contributed by atoms with E-state index in [2.05, 4.69) is 22.3 Å². The van der Waals surface area contributed by atoms with E-state index in [1.54, 1.807) is 23.1 Å². The number of rotatable bonds is 1. The van der Waals surface area contributed by atoms with Gasteiger partial charge in [-0.2, -0.15) is 0 Å². The Morgan fingerprint density at radius 1 is 1.23 bits per heavy atom. The monoisotopic (exact) mass is 330 g/mol. The van der Waals surface area contributed by atoms with Crippen LogP contribution in [-0.2, 0) is 0 Å². The lowest BCUT2D eigenvalue weighted by molar-refractivity contribution is 0.171. The van der Waals surface area contributed by atoms with E-state index in [-0.39, 0.29) is 0 Å². The highest BCUT2D eigenvalue weighted by atomic mass is 32.2. The molecule has 0 spiro atoms. The third kappa shape index (κ3) is 2.38. The number of fused-ring (bicyclic) bond motifs is 2. The molecule has 4 nitrogen and oxygen atoms in total. The predicted molar refractivity (Wildman–Crippen MR) is 92.5 cm³/mol. The summed E-state index contributed by atoms with van der Waals surface area (Å²) in [4.78, 5) is 6.68. The highest BCUT2D eigenvalue weighted by molar-refractivity contribution is 8.11. The Balaban J connectivity index is 1.72. The molecule has 0 radical (unpaired) electrons. The maximum absolute atomic E-state index is 5.66. The van der Waals surface area contributed by atoms with E-state index in [0.29, 0.717) is 13.2 Å². The summed E-state index contributed by atoms with van der Waals surface area (Å²) in [5, 5.41) is 6.51. The van der Waals surface area contributed by atoms with Gasteiger partial charge < -0.3 is 14.8 Å². The molecule has 0 aliphatic carbocycles. The molecule has 2 aliphatic rings. The summed E-state index contributed by atoms with van der Waals surface area (Å²) in [6.07, 6.45) is 0. The van der Waals surface area contributed by atoms with Gasteiger partial charge in [-0.25, -0.2) is 4.98 Å². The number of aromatic nitrogens is 1. The molecule has 3 heterocycles. The normalized spacial score (nSPS) is 16.4. The zero-order chi connectivity index (χ0) is 15.1. The van der Waals surface area contributed by atoms with Gasteiger partial charge in [0.15, 0.2) is 11.5 Å². The minimum Gasteiger partial charge on any atom is -0.486 e. The van der Waals surface area contributed by atoms with E-state index >= 15 is 0 Å². The van der Waals surface area contributed by atoms with Crippen LogP contribution in [0.3, 0.4) is 0 Å². The first-order valence-electron chi connectivity index (χ1n) is 6.91. The molecule has 1 aromatic heterocycles. The smallest absolute Gasteiger partial charge is 0.162 e. The van der Waals surface area contributed by atoms with Crippen molar-refractivity contribution in [2.24, 2.45) is 0 Å². The first-order valence-corrected chi connectivity index (χ1v) is 8.61. The molecule has 0 atom stereocenters. The Hall–Kier alpha value is -1.92. The molecule has 1 N–H and O–H groups in total. The number of benzene rings is 1. The molecule has 4 rings (SSSR count). The number of ether oxygens (including phenoxy) is 2. The van der Waals surface area contributed by atoms with Gasteiger partial charge in [-0.1, -0.05) is 18.3 Å². The third-order valence-corrected chi connectivity index (χ3v) is 5.41. The van der Waals surface area contributed by atoms with Crippen molar-refractivity contribution in [2.45, 2.75) is 6.92 Å². The molecule has 0 unspecified atom stereocenters. The van der Waals surface area contributed by atoms with Crippen LogP contribution in [0.5, 0.6) is 11.5 Å². The van der Waals surface area contributed by atoms with Crippen molar-refractivity contribution in [2.75, 3.05) is 18.5 Å². The van der Waals surface area contributed by atoms with Crippen molar-refractivity contribution in [1.82, 2.24) is 4.98 Å². The Bertz CT molecular complexity index is 795. The summed E-state index contributed by atoms with van der Waals surface area (Å²) in [5.41, 5.74) is 2.04. The minimum atomic E-state index is 0.587. The lowest BCUT2D eigenvalue weighted by atomic mass is 10.1. The molecule has 6 heteroatoms. The Morgan fingerprint density at radius 2 is 2.05 bits per heavy atom. The van der Waals surface area contributed by atoms with Crippen LogP contribution in [0.15, 0.2) is 30.2 Å². The van der Waals surface area contributed by atoms with Gasteiger partial charge in [0.05, 0.1) is 15.6 Å². The molecule has 2 aromatic rings. The molecule has 0 fully saturated rings. The Kier molecular flexibility index (Phi) is 3.35. The van der Waals surface area contributed by atoms with Gasteiger partial charge in [0.25, 0.3) is 0 Å². The average molecular weight is 330 g/mol. The van der Waals surface area contributed by atoms with Crippen molar-refractivity contribution in [1.29, 1.82) is 0 Å². The summed E-state index contributed by atoms with van der Waals surface area (Å²) < 4.78 is 11.2. The topological polar surface area (TPSA) is 43.4 Å². The molecule has 112 valence electrons. The highest BCUT2D eigenvalue weighted by Gasteiger charge is 2.19. The maximum Gasteiger partial charge on any atom is 0.162 e. The lowest BCUT2D eigenvalue weighted by Crippen LogP contribution is -2.15. The van der Waals surface area contributed by atoms with Gasteiger partial charge in [-0.05, 0) is 25.1 Å². The SMILES string of the molecule is C=C1SC=C(c2ccc3c(c2)OCCO3)Nc2nc(C)sc21. The summed E-state index contributed by atoms with van der Waals surface area (Å²) in [5.74, 6) is 2.46. The van der Waals surface area contributed by atoms with Gasteiger partial charge in [0.1, 0.15) is 19.0 Å². The van der Waals surface area contributed by atoms with E-state index in [1.165, 1.54) is 0 Å². The van der Waals surface area contributed by atoms with E-state index in [9.17, 15) is 0 Å². The van der Waals surface area contributed by atoms with Crippen molar-refractivity contribution in [3.05, 3.63) is 45.6 Å². The number of hydrogen-bond donors (Lipinski definition) is 1. The van der Waals surface area contributed by atoms with E-state index in [1.807, 2.05) is 25.1 Å². The van der Waals surface area contributed by atoms with Crippen molar-refractivity contribution >= 4 is 39.5 Å².